The molecule has 0 aliphatic heterocycles. The number of imidazole rings is 1. The molecular weight excluding hydrogens is 334 g/mol. The molecule has 1 amide bonds. The van der Waals surface area contributed by atoms with Crippen LogP contribution in [-0.4, -0.2) is 32.9 Å². The van der Waals surface area contributed by atoms with Crippen LogP contribution in [0.1, 0.15) is 37.9 Å². The average molecular weight is 359 g/mol. The van der Waals surface area contributed by atoms with E-state index in [0.717, 1.165) is 35.0 Å². The summed E-state index contributed by atoms with van der Waals surface area (Å²) in [5.74, 6) is 2.03. The summed E-state index contributed by atoms with van der Waals surface area (Å²) in [4.78, 5) is 19.9. The van der Waals surface area contributed by atoms with Crippen molar-refractivity contribution in [2.45, 2.75) is 44.6 Å². The van der Waals surface area contributed by atoms with Crippen molar-refractivity contribution in [3.8, 4) is 5.69 Å². The molecule has 27 heavy (non-hydrogen) atoms. The zero-order valence-electron chi connectivity index (χ0n) is 15.6. The van der Waals surface area contributed by atoms with Gasteiger partial charge in [0.2, 0.25) is 5.91 Å². The number of amides is 1. The number of hydrogen-bond donors (Lipinski definition) is 0. The number of benzene rings is 2. The first-order valence-electron chi connectivity index (χ1n) is 10.1. The lowest BCUT2D eigenvalue weighted by Crippen LogP contribution is -2.35. The number of hydrogen-bond acceptors (Lipinski definition) is 2. The Bertz CT molecular complexity index is 954. The molecule has 0 unspecified atom stereocenters. The molecule has 2 saturated carbocycles. The summed E-state index contributed by atoms with van der Waals surface area (Å²) in [6.45, 7) is 0.971. The standard InChI is InChI=1S/C23H25N3O/c27-23(25(18-12-13-18)16-17-10-11-17)15-14-22-24-20-8-4-5-9-21(20)26(22)19-6-2-1-3-7-19/h1-9,17-18H,10-16H2. The van der Waals surface area contributed by atoms with E-state index in [1.54, 1.807) is 0 Å². The Labute approximate surface area is 159 Å². The molecule has 0 radical (unpaired) electrons. The highest BCUT2D eigenvalue weighted by atomic mass is 16.2. The third kappa shape index (κ3) is 3.48. The van der Waals surface area contributed by atoms with Crippen LogP contribution in [0.2, 0.25) is 0 Å². The van der Waals surface area contributed by atoms with E-state index >= 15 is 0 Å². The molecule has 4 heteroatoms. The number of carbonyl (C=O) groups is 1. The van der Waals surface area contributed by atoms with Gasteiger partial charge in [0.25, 0.3) is 0 Å². The van der Waals surface area contributed by atoms with Crippen molar-refractivity contribution < 1.29 is 4.79 Å². The quantitative estimate of drug-likeness (QED) is 0.629. The number of nitrogens with zero attached hydrogens (tertiary/aromatic N) is 3. The topological polar surface area (TPSA) is 38.1 Å². The van der Waals surface area contributed by atoms with Crippen molar-refractivity contribution >= 4 is 16.9 Å². The summed E-state index contributed by atoms with van der Waals surface area (Å²) in [5.41, 5.74) is 3.19. The molecule has 3 aromatic rings. The van der Waals surface area contributed by atoms with E-state index in [2.05, 4.69) is 27.7 Å². The molecule has 2 aliphatic carbocycles. The van der Waals surface area contributed by atoms with Gasteiger partial charge in [0.05, 0.1) is 11.0 Å². The second kappa shape index (κ2) is 6.84. The maximum absolute atomic E-state index is 12.9. The van der Waals surface area contributed by atoms with Gasteiger partial charge in [-0.15, -0.1) is 0 Å². The first-order chi connectivity index (χ1) is 13.3. The molecule has 2 aliphatic rings. The fourth-order valence-corrected chi connectivity index (χ4v) is 3.89. The smallest absolute Gasteiger partial charge is 0.223 e. The van der Waals surface area contributed by atoms with Gasteiger partial charge in [0, 0.05) is 31.1 Å². The summed E-state index contributed by atoms with van der Waals surface area (Å²) in [7, 11) is 0. The zero-order chi connectivity index (χ0) is 18.2. The van der Waals surface area contributed by atoms with E-state index in [-0.39, 0.29) is 0 Å². The van der Waals surface area contributed by atoms with Crippen molar-refractivity contribution in [1.29, 1.82) is 0 Å². The molecule has 0 N–H and O–H groups in total. The molecule has 2 fully saturated rings. The highest BCUT2D eigenvalue weighted by Gasteiger charge is 2.36. The number of para-hydroxylation sites is 3. The minimum absolute atomic E-state index is 0.302. The molecule has 5 rings (SSSR count). The van der Waals surface area contributed by atoms with E-state index in [1.807, 2.05) is 36.4 Å². The summed E-state index contributed by atoms with van der Waals surface area (Å²) in [5, 5.41) is 0. The van der Waals surface area contributed by atoms with Gasteiger partial charge in [-0.3, -0.25) is 9.36 Å². The van der Waals surface area contributed by atoms with Crippen LogP contribution in [0.5, 0.6) is 0 Å². The van der Waals surface area contributed by atoms with E-state index in [1.165, 1.54) is 25.7 Å². The van der Waals surface area contributed by atoms with Gasteiger partial charge in [-0.05, 0) is 55.9 Å². The summed E-state index contributed by atoms with van der Waals surface area (Å²) in [6.07, 6.45) is 6.16. The van der Waals surface area contributed by atoms with Crippen LogP contribution >= 0.6 is 0 Å². The molecule has 0 saturated heterocycles. The van der Waals surface area contributed by atoms with Crippen molar-refractivity contribution in [1.82, 2.24) is 14.5 Å². The third-order valence-corrected chi connectivity index (χ3v) is 5.67. The third-order valence-electron chi connectivity index (χ3n) is 5.67. The monoisotopic (exact) mass is 359 g/mol. The van der Waals surface area contributed by atoms with E-state index < -0.39 is 0 Å². The highest BCUT2D eigenvalue weighted by molar-refractivity contribution is 5.79. The van der Waals surface area contributed by atoms with Gasteiger partial charge in [-0.1, -0.05) is 30.3 Å². The van der Waals surface area contributed by atoms with Crippen LogP contribution in [0.3, 0.4) is 0 Å². The van der Waals surface area contributed by atoms with Gasteiger partial charge in [-0.25, -0.2) is 4.98 Å². The normalized spacial score (nSPS) is 16.6. The first-order valence-corrected chi connectivity index (χ1v) is 10.1. The van der Waals surface area contributed by atoms with Crippen molar-refractivity contribution in [3.05, 3.63) is 60.4 Å². The number of carbonyl (C=O) groups excluding carboxylic acids is 1. The van der Waals surface area contributed by atoms with Gasteiger partial charge < -0.3 is 4.90 Å². The second-order valence-electron chi connectivity index (χ2n) is 7.91. The van der Waals surface area contributed by atoms with Crippen LogP contribution < -0.4 is 0 Å². The van der Waals surface area contributed by atoms with Crippen molar-refractivity contribution in [2.24, 2.45) is 5.92 Å². The Morgan fingerprint density at radius 3 is 2.48 bits per heavy atom. The van der Waals surface area contributed by atoms with Gasteiger partial charge >= 0.3 is 0 Å². The lowest BCUT2D eigenvalue weighted by molar-refractivity contribution is -0.132. The summed E-state index contributed by atoms with van der Waals surface area (Å²) >= 11 is 0. The predicted octanol–water partition coefficient (Wildman–Crippen LogP) is 4.36. The lowest BCUT2D eigenvalue weighted by Gasteiger charge is -2.22. The Hall–Kier alpha value is -2.62. The lowest BCUT2D eigenvalue weighted by atomic mass is 10.2. The highest BCUT2D eigenvalue weighted by Crippen LogP contribution is 2.35. The van der Waals surface area contributed by atoms with Crippen LogP contribution in [0.25, 0.3) is 16.7 Å². The predicted molar refractivity (Wildman–Crippen MR) is 107 cm³/mol. The average Bonchev–Trinajstić information content (AvgIpc) is 3.62. The fraction of sp³-hybridized carbons (Fsp3) is 0.391. The van der Waals surface area contributed by atoms with Gasteiger partial charge in [-0.2, -0.15) is 0 Å². The maximum atomic E-state index is 12.9. The zero-order valence-corrected chi connectivity index (χ0v) is 15.6. The molecule has 1 aromatic heterocycles. The Morgan fingerprint density at radius 1 is 1.00 bits per heavy atom. The van der Waals surface area contributed by atoms with Crippen LogP contribution in [0.15, 0.2) is 54.6 Å². The Kier molecular flexibility index (Phi) is 4.19. The fourth-order valence-electron chi connectivity index (χ4n) is 3.89. The second-order valence-corrected chi connectivity index (χ2v) is 7.91. The summed E-state index contributed by atoms with van der Waals surface area (Å²) in [6, 6.07) is 19.0. The largest absolute Gasteiger partial charge is 0.339 e. The Morgan fingerprint density at radius 2 is 1.74 bits per heavy atom. The molecular formula is C23H25N3O. The van der Waals surface area contributed by atoms with Gasteiger partial charge in [0.1, 0.15) is 5.82 Å². The number of aryl methyl sites for hydroxylation is 1. The molecule has 1 heterocycles. The SMILES string of the molecule is O=C(CCc1nc2ccccc2n1-c1ccccc1)N(CC1CC1)C1CC1. The van der Waals surface area contributed by atoms with Crippen molar-refractivity contribution in [3.63, 3.8) is 0 Å². The molecule has 4 nitrogen and oxygen atoms in total. The maximum Gasteiger partial charge on any atom is 0.223 e. The number of fused-ring (bicyclic) bond motifs is 1. The minimum atomic E-state index is 0.302. The Balaban J connectivity index is 1.40. The molecule has 0 spiro atoms. The van der Waals surface area contributed by atoms with Crippen LogP contribution in [-0.2, 0) is 11.2 Å². The number of rotatable bonds is 7. The van der Waals surface area contributed by atoms with E-state index in [0.29, 0.717) is 24.8 Å². The van der Waals surface area contributed by atoms with Crippen LogP contribution in [0, 0.1) is 5.92 Å². The van der Waals surface area contributed by atoms with E-state index in [4.69, 9.17) is 4.98 Å². The van der Waals surface area contributed by atoms with Crippen LogP contribution in [0.4, 0.5) is 0 Å². The molecule has 0 bridgehead atoms. The van der Waals surface area contributed by atoms with Crippen molar-refractivity contribution in [2.75, 3.05) is 6.54 Å². The van der Waals surface area contributed by atoms with Gasteiger partial charge in [0.15, 0.2) is 0 Å². The molecule has 138 valence electrons. The van der Waals surface area contributed by atoms with E-state index in [9.17, 15) is 4.79 Å². The first kappa shape index (κ1) is 16.5. The minimum Gasteiger partial charge on any atom is -0.339 e. The summed E-state index contributed by atoms with van der Waals surface area (Å²) < 4.78 is 2.20. The molecule has 2 aromatic carbocycles. The molecule has 0 atom stereocenters. The number of aromatic nitrogens is 2.